The Hall–Kier alpha value is -2.11. The fraction of sp³-hybridized carbons (Fsp3) is 0.273. The van der Waals surface area contributed by atoms with E-state index in [2.05, 4.69) is 5.43 Å². The van der Waals surface area contributed by atoms with Gasteiger partial charge in [-0.05, 0) is 17.7 Å². The largest absolute Gasteiger partial charge is 0.446 e. The summed E-state index contributed by atoms with van der Waals surface area (Å²) in [4.78, 5) is 22.3. The second-order valence-corrected chi connectivity index (χ2v) is 3.68. The molecular weight excluding hydrogens is 227 g/mol. The molecule has 1 fully saturated rings. The van der Waals surface area contributed by atoms with E-state index >= 15 is 0 Å². The van der Waals surface area contributed by atoms with Crippen LogP contribution < -0.4 is 5.43 Å². The predicted molar refractivity (Wildman–Crippen MR) is 56.1 cm³/mol. The van der Waals surface area contributed by atoms with Gasteiger partial charge in [0.2, 0.25) is 5.91 Å². The van der Waals surface area contributed by atoms with Crippen molar-refractivity contribution in [1.82, 2.24) is 10.4 Å². The number of benzene rings is 1. The highest BCUT2D eigenvalue weighted by Gasteiger charge is 2.35. The van der Waals surface area contributed by atoms with Crippen LogP contribution in [0.5, 0.6) is 0 Å². The van der Waals surface area contributed by atoms with Crippen molar-refractivity contribution in [3.8, 4) is 0 Å². The Morgan fingerprint density at radius 2 is 2.12 bits per heavy atom. The average molecular weight is 238 g/mol. The van der Waals surface area contributed by atoms with Gasteiger partial charge in [-0.2, -0.15) is 0 Å². The van der Waals surface area contributed by atoms with Crippen LogP contribution in [0.15, 0.2) is 24.3 Å². The van der Waals surface area contributed by atoms with Gasteiger partial charge in [0.15, 0.2) is 0 Å². The molecule has 90 valence electrons. The van der Waals surface area contributed by atoms with Gasteiger partial charge in [-0.3, -0.25) is 10.2 Å². The van der Waals surface area contributed by atoms with E-state index in [1.54, 1.807) is 12.1 Å². The molecule has 2 rings (SSSR count). The van der Waals surface area contributed by atoms with E-state index in [1.807, 2.05) is 0 Å². The van der Waals surface area contributed by atoms with E-state index < -0.39 is 12.1 Å². The number of hydrogen-bond acceptors (Lipinski definition) is 3. The summed E-state index contributed by atoms with van der Waals surface area (Å²) in [5.41, 5.74) is 3.08. The first-order valence-electron chi connectivity index (χ1n) is 5.06. The third kappa shape index (κ3) is 2.35. The van der Waals surface area contributed by atoms with E-state index in [9.17, 15) is 14.0 Å². The minimum absolute atomic E-state index is 0.130. The van der Waals surface area contributed by atoms with E-state index in [0.29, 0.717) is 5.56 Å². The minimum Gasteiger partial charge on any atom is -0.446 e. The number of halogens is 1. The van der Waals surface area contributed by atoms with E-state index in [0.717, 1.165) is 5.01 Å². The number of carbonyl (C=O) groups excluding carboxylic acids is 2. The van der Waals surface area contributed by atoms with Gasteiger partial charge in [-0.1, -0.05) is 12.1 Å². The molecule has 0 bridgehead atoms. The highest BCUT2D eigenvalue weighted by Crippen LogP contribution is 2.25. The second kappa shape index (κ2) is 4.40. The Balaban J connectivity index is 2.22. The quantitative estimate of drug-likeness (QED) is 0.846. The summed E-state index contributed by atoms with van der Waals surface area (Å²) in [7, 11) is 0. The third-order valence-corrected chi connectivity index (χ3v) is 2.41. The molecule has 1 unspecified atom stereocenters. The monoisotopic (exact) mass is 238 g/mol. The van der Waals surface area contributed by atoms with Gasteiger partial charge in [0.05, 0.1) is 0 Å². The first-order valence-corrected chi connectivity index (χ1v) is 5.06. The lowest BCUT2D eigenvalue weighted by Crippen LogP contribution is -2.43. The van der Waals surface area contributed by atoms with Crippen LogP contribution in [0.4, 0.5) is 9.18 Å². The highest BCUT2D eigenvalue weighted by molar-refractivity contribution is 5.78. The molecule has 0 saturated carbocycles. The van der Waals surface area contributed by atoms with E-state index in [1.165, 1.54) is 19.1 Å². The Morgan fingerprint density at radius 3 is 2.71 bits per heavy atom. The molecule has 0 aliphatic carbocycles. The lowest BCUT2D eigenvalue weighted by molar-refractivity contribution is -0.123. The molecule has 1 atom stereocenters. The van der Waals surface area contributed by atoms with Crippen molar-refractivity contribution in [3.05, 3.63) is 35.6 Å². The number of amides is 2. The standard InChI is InChI=1S/C11H11FN2O3/c1-7(15)13-14-10(6-17-11(14)16)8-2-4-9(12)5-3-8/h2-5,10H,6H2,1H3,(H,13,15). The molecule has 5 nitrogen and oxygen atoms in total. The molecule has 1 aliphatic rings. The number of nitrogens with zero attached hydrogens (tertiary/aromatic N) is 1. The van der Waals surface area contributed by atoms with Gasteiger partial charge in [-0.25, -0.2) is 14.2 Å². The lowest BCUT2D eigenvalue weighted by Gasteiger charge is -2.21. The SMILES string of the molecule is CC(=O)NN1C(=O)OCC1c1ccc(F)cc1. The van der Waals surface area contributed by atoms with Crippen LogP contribution in [-0.4, -0.2) is 23.6 Å². The number of hydrogen-bond donors (Lipinski definition) is 1. The summed E-state index contributed by atoms with van der Waals surface area (Å²) in [5.74, 6) is -0.721. The number of rotatable bonds is 2. The minimum atomic E-state index is -0.616. The van der Waals surface area contributed by atoms with E-state index in [4.69, 9.17) is 4.74 Å². The zero-order valence-electron chi connectivity index (χ0n) is 9.14. The molecule has 0 spiro atoms. The molecule has 1 saturated heterocycles. The summed E-state index contributed by atoms with van der Waals surface area (Å²) >= 11 is 0. The molecule has 0 radical (unpaired) electrons. The maximum absolute atomic E-state index is 12.8. The van der Waals surface area contributed by atoms with Crippen LogP contribution in [0.1, 0.15) is 18.5 Å². The number of cyclic esters (lactones) is 1. The van der Waals surface area contributed by atoms with Gasteiger partial charge >= 0.3 is 6.09 Å². The van der Waals surface area contributed by atoms with Crippen LogP contribution in [0.3, 0.4) is 0 Å². The van der Waals surface area contributed by atoms with Gasteiger partial charge in [0.25, 0.3) is 0 Å². The maximum atomic E-state index is 12.8. The summed E-state index contributed by atoms with van der Waals surface area (Å²) in [6.45, 7) is 1.43. The van der Waals surface area contributed by atoms with Crippen LogP contribution in [0, 0.1) is 5.82 Å². The molecule has 1 aromatic carbocycles. The average Bonchev–Trinajstić information content (AvgIpc) is 2.61. The van der Waals surface area contributed by atoms with Crippen molar-refractivity contribution in [2.24, 2.45) is 0 Å². The summed E-state index contributed by atoms with van der Waals surface area (Å²) in [5, 5.41) is 1.11. The van der Waals surface area contributed by atoms with Crippen molar-refractivity contribution >= 4 is 12.0 Å². The fourth-order valence-corrected chi connectivity index (χ4v) is 1.64. The Bertz CT molecular complexity index is 447. The van der Waals surface area contributed by atoms with Gasteiger partial charge in [-0.15, -0.1) is 0 Å². The zero-order valence-corrected chi connectivity index (χ0v) is 9.14. The van der Waals surface area contributed by atoms with Crippen LogP contribution in [0.2, 0.25) is 0 Å². The van der Waals surface area contributed by atoms with Gasteiger partial charge < -0.3 is 4.74 Å². The van der Waals surface area contributed by atoms with E-state index in [-0.39, 0.29) is 18.3 Å². The molecule has 1 aliphatic heterocycles. The van der Waals surface area contributed by atoms with Crippen LogP contribution in [0.25, 0.3) is 0 Å². The van der Waals surface area contributed by atoms with Gasteiger partial charge in [0, 0.05) is 6.92 Å². The lowest BCUT2D eigenvalue weighted by atomic mass is 10.1. The maximum Gasteiger partial charge on any atom is 0.429 e. The first-order chi connectivity index (χ1) is 8.08. The first kappa shape index (κ1) is 11.4. The molecule has 17 heavy (non-hydrogen) atoms. The molecule has 6 heteroatoms. The number of nitrogens with one attached hydrogen (secondary N) is 1. The molecule has 0 aromatic heterocycles. The van der Waals surface area contributed by atoms with Crippen molar-refractivity contribution in [1.29, 1.82) is 0 Å². The van der Waals surface area contributed by atoms with Crippen molar-refractivity contribution in [3.63, 3.8) is 0 Å². The predicted octanol–water partition coefficient (Wildman–Crippen LogP) is 1.37. The highest BCUT2D eigenvalue weighted by atomic mass is 19.1. The van der Waals surface area contributed by atoms with Gasteiger partial charge in [0.1, 0.15) is 18.5 Å². The molecule has 1 aromatic rings. The normalized spacial score (nSPS) is 19.1. The molecule has 1 heterocycles. The smallest absolute Gasteiger partial charge is 0.429 e. The third-order valence-electron chi connectivity index (χ3n) is 2.41. The topological polar surface area (TPSA) is 58.6 Å². The molecular formula is C11H11FN2O3. The number of ether oxygens (including phenoxy) is 1. The van der Waals surface area contributed by atoms with Crippen LogP contribution >= 0.6 is 0 Å². The summed E-state index contributed by atoms with van der Waals surface area (Å²) in [6, 6.07) is 5.27. The van der Waals surface area contributed by atoms with Crippen LogP contribution in [-0.2, 0) is 9.53 Å². The second-order valence-electron chi connectivity index (χ2n) is 3.68. The summed E-state index contributed by atoms with van der Waals surface area (Å²) < 4.78 is 17.6. The summed E-state index contributed by atoms with van der Waals surface area (Å²) in [6.07, 6.45) is -0.616. The number of carbonyl (C=O) groups is 2. The van der Waals surface area contributed by atoms with Crippen molar-refractivity contribution < 1.29 is 18.7 Å². The number of hydrazine groups is 1. The Morgan fingerprint density at radius 1 is 1.47 bits per heavy atom. The molecule has 1 N–H and O–H groups in total. The zero-order chi connectivity index (χ0) is 12.4. The fourth-order valence-electron chi connectivity index (χ4n) is 1.64. The molecule has 2 amide bonds. The van der Waals surface area contributed by atoms with Crippen molar-refractivity contribution in [2.45, 2.75) is 13.0 Å². The Kier molecular flexibility index (Phi) is 2.95. The Labute approximate surface area is 97.1 Å². The van der Waals surface area contributed by atoms with Crippen molar-refractivity contribution in [2.75, 3.05) is 6.61 Å².